The monoisotopic (exact) mass is 308 g/mol. The van der Waals surface area contributed by atoms with Crippen molar-refractivity contribution in [2.24, 2.45) is 0 Å². The van der Waals surface area contributed by atoms with E-state index < -0.39 is 0 Å². The van der Waals surface area contributed by atoms with E-state index in [1.54, 1.807) is 0 Å². The summed E-state index contributed by atoms with van der Waals surface area (Å²) in [7, 11) is 2.13. The minimum Gasteiger partial charge on any atom is -0.333 e. The summed E-state index contributed by atoms with van der Waals surface area (Å²) in [6.07, 6.45) is 1.39. The zero-order valence-corrected chi connectivity index (χ0v) is 13.7. The highest BCUT2D eigenvalue weighted by molar-refractivity contribution is 5.77. The van der Waals surface area contributed by atoms with Crippen LogP contribution in [-0.2, 0) is 11.2 Å². The number of hydrogen-bond acceptors (Lipinski definition) is 2. The lowest BCUT2D eigenvalue weighted by molar-refractivity contribution is -0.136. The van der Waals surface area contributed by atoms with Crippen molar-refractivity contribution in [3.63, 3.8) is 0 Å². The lowest BCUT2D eigenvalue weighted by atomic mass is 10.0. The predicted octanol–water partition coefficient (Wildman–Crippen LogP) is 3.13. The Labute approximate surface area is 138 Å². The van der Waals surface area contributed by atoms with Gasteiger partial charge >= 0.3 is 0 Å². The van der Waals surface area contributed by atoms with Crippen molar-refractivity contribution in [2.75, 3.05) is 26.7 Å². The van der Waals surface area contributed by atoms with Gasteiger partial charge in [-0.3, -0.25) is 4.79 Å². The Hall–Kier alpha value is -2.13. The van der Waals surface area contributed by atoms with Crippen LogP contribution in [-0.4, -0.2) is 42.4 Å². The Kier molecular flexibility index (Phi) is 5.09. The van der Waals surface area contributed by atoms with E-state index in [1.165, 1.54) is 11.1 Å². The van der Waals surface area contributed by atoms with Gasteiger partial charge in [-0.25, -0.2) is 0 Å². The standard InChI is InChI=1S/C20H24N2O/c1-21-14-15-22(19(16-21)18-10-6-3-7-11-18)20(23)13-12-17-8-4-2-5-9-17/h2-11,19H,12-16H2,1H3/t19-/m1/s1. The number of carbonyl (C=O) groups is 1. The van der Waals surface area contributed by atoms with Crippen LogP contribution in [0.2, 0.25) is 0 Å². The third-order valence-electron chi connectivity index (χ3n) is 4.56. The van der Waals surface area contributed by atoms with E-state index >= 15 is 0 Å². The second-order valence-corrected chi connectivity index (χ2v) is 6.26. The molecule has 0 spiro atoms. The average molecular weight is 308 g/mol. The molecule has 1 aliphatic heterocycles. The van der Waals surface area contributed by atoms with Gasteiger partial charge in [-0.2, -0.15) is 0 Å². The summed E-state index contributed by atoms with van der Waals surface area (Å²) in [6.45, 7) is 2.66. The molecule has 3 heteroatoms. The summed E-state index contributed by atoms with van der Waals surface area (Å²) in [4.78, 5) is 17.1. The second-order valence-electron chi connectivity index (χ2n) is 6.26. The molecule has 0 unspecified atom stereocenters. The highest BCUT2D eigenvalue weighted by Gasteiger charge is 2.29. The van der Waals surface area contributed by atoms with E-state index in [0.717, 1.165) is 26.1 Å². The Morgan fingerprint density at radius 2 is 1.65 bits per heavy atom. The number of benzene rings is 2. The van der Waals surface area contributed by atoms with Crippen molar-refractivity contribution in [1.82, 2.24) is 9.80 Å². The normalized spacial score (nSPS) is 18.8. The Bertz CT molecular complexity index is 627. The molecule has 23 heavy (non-hydrogen) atoms. The predicted molar refractivity (Wildman–Crippen MR) is 93.2 cm³/mol. The minimum atomic E-state index is 0.165. The van der Waals surface area contributed by atoms with Gasteiger partial charge in [-0.05, 0) is 24.6 Å². The van der Waals surface area contributed by atoms with Gasteiger partial charge in [-0.1, -0.05) is 60.7 Å². The largest absolute Gasteiger partial charge is 0.333 e. The minimum absolute atomic E-state index is 0.165. The summed E-state index contributed by atoms with van der Waals surface area (Å²) in [5, 5.41) is 0. The molecule has 0 aromatic heterocycles. The maximum Gasteiger partial charge on any atom is 0.223 e. The molecule has 1 fully saturated rings. The van der Waals surface area contributed by atoms with E-state index in [2.05, 4.69) is 53.2 Å². The maximum atomic E-state index is 12.8. The number of nitrogens with zero attached hydrogens (tertiary/aromatic N) is 2. The van der Waals surface area contributed by atoms with Crippen LogP contribution in [0, 0.1) is 0 Å². The molecular weight excluding hydrogens is 284 g/mol. The van der Waals surface area contributed by atoms with Gasteiger partial charge in [0.1, 0.15) is 0 Å². The van der Waals surface area contributed by atoms with Crippen molar-refractivity contribution in [3.8, 4) is 0 Å². The van der Waals surface area contributed by atoms with Gasteiger partial charge in [0.2, 0.25) is 5.91 Å². The molecular formula is C20H24N2O. The third kappa shape index (κ3) is 3.99. The third-order valence-corrected chi connectivity index (χ3v) is 4.56. The first-order valence-corrected chi connectivity index (χ1v) is 8.31. The number of rotatable bonds is 4. The summed E-state index contributed by atoms with van der Waals surface area (Å²) >= 11 is 0. The molecule has 0 radical (unpaired) electrons. The highest BCUT2D eigenvalue weighted by atomic mass is 16.2. The Morgan fingerprint density at radius 1 is 1.00 bits per heavy atom. The fourth-order valence-corrected chi connectivity index (χ4v) is 3.22. The molecule has 2 aromatic rings. The molecule has 0 bridgehead atoms. The van der Waals surface area contributed by atoms with E-state index in [-0.39, 0.29) is 11.9 Å². The number of amides is 1. The fourth-order valence-electron chi connectivity index (χ4n) is 3.22. The van der Waals surface area contributed by atoms with E-state index in [0.29, 0.717) is 6.42 Å². The smallest absolute Gasteiger partial charge is 0.223 e. The molecule has 1 heterocycles. The molecule has 0 aliphatic carbocycles. The Balaban J connectivity index is 1.69. The van der Waals surface area contributed by atoms with Crippen molar-refractivity contribution >= 4 is 5.91 Å². The van der Waals surface area contributed by atoms with E-state index in [1.807, 2.05) is 24.3 Å². The van der Waals surface area contributed by atoms with Gasteiger partial charge in [0.15, 0.2) is 0 Å². The zero-order valence-electron chi connectivity index (χ0n) is 13.7. The number of piperazine rings is 1. The van der Waals surface area contributed by atoms with Gasteiger partial charge in [-0.15, -0.1) is 0 Å². The molecule has 3 rings (SSSR count). The first-order chi connectivity index (χ1) is 11.2. The fraction of sp³-hybridized carbons (Fsp3) is 0.350. The van der Waals surface area contributed by atoms with Gasteiger partial charge < -0.3 is 9.80 Å². The molecule has 120 valence electrons. The topological polar surface area (TPSA) is 23.6 Å². The lowest BCUT2D eigenvalue weighted by Gasteiger charge is -2.40. The van der Waals surface area contributed by atoms with E-state index in [9.17, 15) is 4.79 Å². The molecule has 1 atom stereocenters. The molecule has 1 amide bonds. The quantitative estimate of drug-likeness (QED) is 0.866. The van der Waals surface area contributed by atoms with Crippen LogP contribution >= 0.6 is 0 Å². The molecule has 0 saturated carbocycles. The highest BCUT2D eigenvalue weighted by Crippen LogP contribution is 2.25. The number of likely N-dealkylation sites (N-methyl/N-ethyl adjacent to an activating group) is 1. The first kappa shape index (κ1) is 15.8. The van der Waals surface area contributed by atoms with E-state index in [4.69, 9.17) is 0 Å². The zero-order chi connectivity index (χ0) is 16.1. The summed E-state index contributed by atoms with van der Waals surface area (Å²) < 4.78 is 0. The summed E-state index contributed by atoms with van der Waals surface area (Å²) in [5.74, 6) is 0.260. The molecule has 1 saturated heterocycles. The summed E-state index contributed by atoms with van der Waals surface area (Å²) in [6, 6.07) is 20.8. The van der Waals surface area contributed by atoms with Crippen molar-refractivity contribution in [1.29, 1.82) is 0 Å². The van der Waals surface area contributed by atoms with Crippen LogP contribution in [0.1, 0.15) is 23.6 Å². The molecule has 3 nitrogen and oxygen atoms in total. The van der Waals surface area contributed by atoms with Crippen molar-refractivity contribution in [3.05, 3.63) is 71.8 Å². The van der Waals surface area contributed by atoms with Crippen LogP contribution < -0.4 is 0 Å². The molecule has 1 aliphatic rings. The number of carbonyl (C=O) groups excluding carboxylic acids is 1. The lowest BCUT2D eigenvalue weighted by Crippen LogP contribution is -2.49. The first-order valence-electron chi connectivity index (χ1n) is 8.31. The number of aryl methyl sites for hydroxylation is 1. The maximum absolute atomic E-state index is 12.8. The van der Waals surface area contributed by atoms with Crippen LogP contribution in [0.15, 0.2) is 60.7 Å². The SMILES string of the molecule is CN1CCN(C(=O)CCc2ccccc2)[C@@H](c2ccccc2)C1. The molecule has 2 aromatic carbocycles. The van der Waals surface area contributed by atoms with Crippen LogP contribution in [0.5, 0.6) is 0 Å². The summed E-state index contributed by atoms with van der Waals surface area (Å²) in [5.41, 5.74) is 2.46. The van der Waals surface area contributed by atoms with Gasteiger partial charge in [0.25, 0.3) is 0 Å². The average Bonchev–Trinajstić information content (AvgIpc) is 2.61. The van der Waals surface area contributed by atoms with Crippen molar-refractivity contribution < 1.29 is 4.79 Å². The van der Waals surface area contributed by atoms with Gasteiger partial charge in [0, 0.05) is 26.1 Å². The molecule has 0 N–H and O–H groups in total. The van der Waals surface area contributed by atoms with Crippen LogP contribution in [0.4, 0.5) is 0 Å². The second kappa shape index (κ2) is 7.42. The van der Waals surface area contributed by atoms with Crippen molar-refractivity contribution in [2.45, 2.75) is 18.9 Å². The van der Waals surface area contributed by atoms with Crippen LogP contribution in [0.25, 0.3) is 0 Å². The van der Waals surface area contributed by atoms with Gasteiger partial charge in [0.05, 0.1) is 6.04 Å². The van der Waals surface area contributed by atoms with Crippen LogP contribution in [0.3, 0.4) is 0 Å². The number of hydrogen-bond donors (Lipinski definition) is 0. The Morgan fingerprint density at radius 3 is 2.35 bits per heavy atom.